The fraction of sp³-hybridized carbons (Fsp3) is 0.308. The average molecular weight is 474 g/mol. The molecule has 1 aliphatic heterocycles. The van der Waals surface area contributed by atoms with Gasteiger partial charge in [0.05, 0.1) is 12.6 Å². The van der Waals surface area contributed by atoms with E-state index in [2.05, 4.69) is 27.2 Å². The van der Waals surface area contributed by atoms with Crippen LogP contribution >= 0.6 is 0 Å². The summed E-state index contributed by atoms with van der Waals surface area (Å²) in [5, 5.41) is 3.36. The van der Waals surface area contributed by atoms with Crippen LogP contribution in [-0.2, 0) is 6.54 Å². The van der Waals surface area contributed by atoms with Crippen molar-refractivity contribution < 1.29 is 9.53 Å². The summed E-state index contributed by atoms with van der Waals surface area (Å²) in [5.74, 6) is 0.808. The summed E-state index contributed by atoms with van der Waals surface area (Å²) in [6, 6.07) is 16.1. The van der Waals surface area contributed by atoms with E-state index < -0.39 is 11.2 Å². The minimum atomic E-state index is -0.582. The summed E-state index contributed by atoms with van der Waals surface area (Å²) in [6.45, 7) is 4.21. The molecule has 1 saturated heterocycles. The second kappa shape index (κ2) is 9.71. The Kier molecular flexibility index (Phi) is 6.33. The quantitative estimate of drug-likeness (QED) is 0.355. The predicted molar refractivity (Wildman–Crippen MR) is 132 cm³/mol. The van der Waals surface area contributed by atoms with Crippen molar-refractivity contribution in [1.82, 2.24) is 24.8 Å². The highest BCUT2D eigenvalue weighted by Gasteiger charge is 2.22. The number of carbonyl (C=O) groups excluding carboxylic acids is 1. The Balaban J connectivity index is 1.35. The third-order valence-electron chi connectivity index (χ3n) is 6.52. The number of benzene rings is 2. The average Bonchev–Trinajstić information content (AvgIpc) is 3.32. The first-order valence-electron chi connectivity index (χ1n) is 11.8. The molecule has 9 nitrogen and oxygen atoms in total. The van der Waals surface area contributed by atoms with Crippen molar-refractivity contribution in [3.8, 4) is 5.75 Å². The highest BCUT2D eigenvalue weighted by molar-refractivity contribution is 6.07. The number of carbonyl (C=O) groups is 1. The second-order valence-electron chi connectivity index (χ2n) is 8.88. The molecule has 0 aliphatic carbocycles. The van der Waals surface area contributed by atoms with Crippen LogP contribution in [-0.4, -0.2) is 44.5 Å². The molecule has 0 bridgehead atoms. The molecule has 2 aromatic carbocycles. The summed E-state index contributed by atoms with van der Waals surface area (Å²) in [7, 11) is 0. The highest BCUT2D eigenvalue weighted by atomic mass is 16.5. The number of aromatic nitrogens is 4. The summed E-state index contributed by atoms with van der Waals surface area (Å²) in [4.78, 5) is 48.0. The fourth-order valence-corrected chi connectivity index (χ4v) is 4.48. The minimum absolute atomic E-state index is 0.0121. The number of H-pyrrole nitrogens is 2. The van der Waals surface area contributed by atoms with Gasteiger partial charge in [-0.05, 0) is 68.6 Å². The van der Waals surface area contributed by atoms with E-state index in [1.807, 2.05) is 30.3 Å². The van der Waals surface area contributed by atoms with Gasteiger partial charge in [0.25, 0.3) is 5.56 Å². The molecule has 2 aromatic heterocycles. The van der Waals surface area contributed by atoms with Gasteiger partial charge in [-0.3, -0.25) is 19.1 Å². The van der Waals surface area contributed by atoms with Crippen molar-refractivity contribution in [2.45, 2.75) is 32.4 Å². The molecule has 3 N–H and O–H groups in total. The lowest BCUT2D eigenvalue weighted by Crippen LogP contribution is -2.35. The standard InChI is InChI=1S/C26H27N5O4/c1-16(18-11-13-27-14-12-18)35-20-9-7-19(8-10-20)22(32)24-28-21-23(29-24)30-26(34)31(25(21)33)15-17-5-3-2-4-6-17/h2-10,16,18,27H,11-15H2,1H3,(H,28,29)(H,30,34). The molecular formula is C26H27N5O4. The Morgan fingerprint density at radius 2 is 1.77 bits per heavy atom. The van der Waals surface area contributed by atoms with E-state index in [-0.39, 0.29) is 35.4 Å². The number of hydrogen-bond acceptors (Lipinski definition) is 6. The van der Waals surface area contributed by atoms with Gasteiger partial charge in [-0.2, -0.15) is 0 Å². The maximum atomic E-state index is 13.0. The van der Waals surface area contributed by atoms with E-state index >= 15 is 0 Å². The molecule has 0 radical (unpaired) electrons. The molecular weight excluding hydrogens is 446 g/mol. The zero-order chi connectivity index (χ0) is 24.4. The molecule has 35 heavy (non-hydrogen) atoms. The number of ketones is 1. The summed E-state index contributed by atoms with van der Waals surface area (Å²) in [5.41, 5.74) is 0.240. The fourth-order valence-electron chi connectivity index (χ4n) is 4.48. The number of hydrogen-bond donors (Lipinski definition) is 3. The van der Waals surface area contributed by atoms with E-state index in [4.69, 9.17) is 4.74 Å². The van der Waals surface area contributed by atoms with Gasteiger partial charge in [0.1, 0.15) is 11.3 Å². The first-order chi connectivity index (χ1) is 17.0. The molecule has 0 saturated carbocycles. The van der Waals surface area contributed by atoms with Gasteiger partial charge < -0.3 is 15.0 Å². The lowest BCUT2D eigenvalue weighted by molar-refractivity contribution is 0.103. The monoisotopic (exact) mass is 473 g/mol. The van der Waals surface area contributed by atoms with Crippen molar-refractivity contribution in [1.29, 1.82) is 0 Å². The SMILES string of the molecule is CC(Oc1ccc(C(=O)c2nc3[nH]c(=O)n(Cc4ccccc4)c(=O)c3[nH]2)cc1)C1CCNCC1. The third-order valence-corrected chi connectivity index (χ3v) is 6.52. The first kappa shape index (κ1) is 22.8. The second-order valence-corrected chi connectivity index (χ2v) is 8.88. The molecule has 4 aromatic rings. The smallest absolute Gasteiger partial charge is 0.330 e. The number of fused-ring (bicyclic) bond motifs is 1. The van der Waals surface area contributed by atoms with Gasteiger partial charge in [-0.1, -0.05) is 30.3 Å². The number of nitrogens with zero attached hydrogens (tertiary/aromatic N) is 2. The Hall–Kier alpha value is -3.98. The Morgan fingerprint density at radius 3 is 2.49 bits per heavy atom. The van der Waals surface area contributed by atoms with Crippen molar-refractivity contribution in [3.05, 3.63) is 92.4 Å². The molecule has 1 atom stereocenters. The lowest BCUT2D eigenvalue weighted by atomic mass is 9.93. The largest absolute Gasteiger partial charge is 0.490 e. The van der Waals surface area contributed by atoms with Gasteiger partial charge in [0, 0.05) is 5.56 Å². The minimum Gasteiger partial charge on any atom is -0.490 e. The first-order valence-corrected chi connectivity index (χ1v) is 11.8. The summed E-state index contributed by atoms with van der Waals surface area (Å²) in [6.07, 6.45) is 2.25. The lowest BCUT2D eigenvalue weighted by Gasteiger charge is -2.28. The van der Waals surface area contributed by atoms with Gasteiger partial charge in [-0.25, -0.2) is 9.78 Å². The van der Waals surface area contributed by atoms with Gasteiger partial charge in [0.2, 0.25) is 5.78 Å². The molecule has 5 rings (SSSR count). The molecule has 0 spiro atoms. The van der Waals surface area contributed by atoms with Crippen LogP contribution in [0.2, 0.25) is 0 Å². The normalized spacial score (nSPS) is 15.2. The predicted octanol–water partition coefficient (Wildman–Crippen LogP) is 2.46. The Bertz CT molecular complexity index is 1450. The molecule has 1 unspecified atom stereocenters. The van der Waals surface area contributed by atoms with Crippen LogP contribution in [0.5, 0.6) is 5.75 Å². The van der Waals surface area contributed by atoms with Crippen molar-refractivity contribution in [3.63, 3.8) is 0 Å². The molecule has 3 heterocycles. The summed E-state index contributed by atoms with van der Waals surface area (Å²) >= 11 is 0. The number of nitrogens with one attached hydrogen (secondary N) is 3. The van der Waals surface area contributed by atoms with Crippen molar-refractivity contribution in [2.24, 2.45) is 5.92 Å². The maximum absolute atomic E-state index is 13.0. The van der Waals surface area contributed by atoms with Crippen molar-refractivity contribution >= 4 is 16.9 Å². The number of piperidine rings is 1. The van der Waals surface area contributed by atoms with Crippen LogP contribution in [0, 0.1) is 5.92 Å². The maximum Gasteiger partial charge on any atom is 0.330 e. The van der Waals surface area contributed by atoms with Crippen LogP contribution in [0.25, 0.3) is 11.2 Å². The molecule has 9 heteroatoms. The number of ether oxygens (including phenoxy) is 1. The van der Waals surface area contributed by atoms with E-state index in [9.17, 15) is 14.4 Å². The van der Waals surface area contributed by atoms with Crippen LogP contribution in [0.4, 0.5) is 0 Å². The van der Waals surface area contributed by atoms with Crippen LogP contribution in [0.1, 0.15) is 41.5 Å². The van der Waals surface area contributed by atoms with E-state index in [0.717, 1.165) is 36.1 Å². The number of imidazole rings is 1. The Labute approximate surface area is 201 Å². The van der Waals surface area contributed by atoms with Crippen LogP contribution in [0.3, 0.4) is 0 Å². The topological polar surface area (TPSA) is 122 Å². The number of rotatable bonds is 7. The zero-order valence-corrected chi connectivity index (χ0v) is 19.4. The third kappa shape index (κ3) is 4.81. The number of aromatic amines is 2. The van der Waals surface area contributed by atoms with Gasteiger partial charge in [-0.15, -0.1) is 0 Å². The van der Waals surface area contributed by atoms with E-state index in [1.165, 1.54) is 0 Å². The van der Waals surface area contributed by atoms with E-state index in [1.54, 1.807) is 24.3 Å². The molecule has 0 amide bonds. The molecule has 1 fully saturated rings. The Morgan fingerprint density at radius 1 is 1.06 bits per heavy atom. The van der Waals surface area contributed by atoms with Crippen LogP contribution in [0.15, 0.2) is 64.2 Å². The van der Waals surface area contributed by atoms with Gasteiger partial charge >= 0.3 is 5.69 Å². The molecule has 1 aliphatic rings. The van der Waals surface area contributed by atoms with Gasteiger partial charge in [0.15, 0.2) is 11.5 Å². The van der Waals surface area contributed by atoms with Crippen LogP contribution < -0.4 is 21.3 Å². The summed E-state index contributed by atoms with van der Waals surface area (Å²) < 4.78 is 7.17. The highest BCUT2D eigenvalue weighted by Crippen LogP contribution is 2.23. The molecule has 180 valence electrons. The van der Waals surface area contributed by atoms with E-state index in [0.29, 0.717) is 17.2 Å². The zero-order valence-electron chi connectivity index (χ0n) is 19.4. The van der Waals surface area contributed by atoms with Crippen molar-refractivity contribution in [2.75, 3.05) is 13.1 Å².